The van der Waals surface area contributed by atoms with E-state index in [-0.39, 0.29) is 11.5 Å². The molecule has 1 aromatic heterocycles. The van der Waals surface area contributed by atoms with Crippen molar-refractivity contribution in [3.63, 3.8) is 0 Å². The Balaban J connectivity index is 1.84. The Morgan fingerprint density at radius 1 is 0.944 bits per heavy atom. The molecule has 1 heterocycles. The topological polar surface area (TPSA) is 73.7 Å². The minimum atomic E-state index is -0.205. The lowest BCUT2D eigenvalue weighted by molar-refractivity contribution is 0.0773. The highest BCUT2D eigenvalue weighted by Gasteiger charge is 2.18. The van der Waals surface area contributed by atoms with Gasteiger partial charge in [0.2, 0.25) is 0 Å². The summed E-state index contributed by atoms with van der Waals surface area (Å²) in [4.78, 5) is 33.3. The summed E-state index contributed by atoms with van der Waals surface area (Å²) >= 11 is 1.45. The molecule has 0 fully saturated rings. The third-order valence-corrected chi connectivity index (χ3v) is 6.96. The molecule has 0 atom stereocenters. The van der Waals surface area contributed by atoms with E-state index in [2.05, 4.69) is 0 Å². The molecular weight excluding hydrogens is 474 g/mol. The fourth-order valence-corrected chi connectivity index (χ4v) is 4.93. The molecule has 0 aliphatic carbocycles. The number of ether oxygens (including phenoxy) is 2. The second-order valence-corrected chi connectivity index (χ2v) is 9.03. The number of fused-ring (bicyclic) bond motifs is 1. The minimum absolute atomic E-state index is 0.0775. The van der Waals surface area contributed by atoms with E-state index in [4.69, 9.17) is 14.5 Å². The van der Waals surface area contributed by atoms with Crippen molar-refractivity contribution >= 4 is 28.6 Å². The molecule has 0 N–H and O–H groups in total. The summed E-state index contributed by atoms with van der Waals surface area (Å²) < 4.78 is 12.3. The molecule has 8 heteroatoms. The molecule has 0 bridgehead atoms. The zero-order chi connectivity index (χ0) is 25.7. The van der Waals surface area contributed by atoms with Gasteiger partial charge in [0.05, 0.1) is 30.8 Å². The van der Waals surface area contributed by atoms with E-state index < -0.39 is 0 Å². The van der Waals surface area contributed by atoms with Crippen molar-refractivity contribution in [3.05, 3.63) is 88.2 Å². The van der Waals surface area contributed by atoms with Crippen LogP contribution in [0.3, 0.4) is 0 Å². The number of amides is 1. The lowest BCUT2D eigenvalue weighted by Crippen LogP contribution is -2.30. The van der Waals surface area contributed by atoms with Crippen LogP contribution < -0.4 is 15.0 Å². The number of hydrogen-bond donors (Lipinski definition) is 0. The Kier molecular flexibility index (Phi) is 7.95. The smallest absolute Gasteiger partial charge is 0.266 e. The second-order valence-electron chi connectivity index (χ2n) is 8.09. The normalized spacial score (nSPS) is 10.9. The zero-order valence-corrected chi connectivity index (χ0v) is 21.7. The highest BCUT2D eigenvalue weighted by atomic mass is 32.2. The average Bonchev–Trinajstić information content (AvgIpc) is 2.92. The molecule has 0 unspecified atom stereocenters. The van der Waals surface area contributed by atoms with E-state index in [0.717, 1.165) is 11.3 Å². The maximum Gasteiger partial charge on any atom is 0.266 e. The highest BCUT2D eigenvalue weighted by Crippen LogP contribution is 2.27. The van der Waals surface area contributed by atoms with Gasteiger partial charge in [0.25, 0.3) is 11.5 Å². The second kappa shape index (κ2) is 11.3. The van der Waals surface area contributed by atoms with Gasteiger partial charge in [-0.25, -0.2) is 4.98 Å². The molecule has 0 saturated heterocycles. The van der Waals surface area contributed by atoms with Crippen LogP contribution in [-0.2, 0) is 5.75 Å². The Morgan fingerprint density at radius 3 is 2.33 bits per heavy atom. The van der Waals surface area contributed by atoms with Crippen molar-refractivity contribution in [1.82, 2.24) is 14.5 Å². The minimum Gasteiger partial charge on any atom is -0.497 e. The van der Waals surface area contributed by atoms with E-state index in [1.165, 1.54) is 11.8 Å². The summed E-state index contributed by atoms with van der Waals surface area (Å²) in [5.74, 6) is 1.91. The average molecular weight is 504 g/mol. The molecule has 0 aliphatic heterocycles. The van der Waals surface area contributed by atoms with Crippen molar-refractivity contribution in [1.29, 1.82) is 0 Å². The number of carbonyl (C=O) groups excluding carboxylic acids is 1. The highest BCUT2D eigenvalue weighted by molar-refractivity contribution is 7.98. The molecule has 36 heavy (non-hydrogen) atoms. The van der Waals surface area contributed by atoms with Crippen LogP contribution in [0.2, 0.25) is 0 Å². The Bertz CT molecular complexity index is 1450. The molecule has 0 radical (unpaired) electrons. The number of methoxy groups -OCH3 is 2. The van der Waals surface area contributed by atoms with E-state index in [9.17, 15) is 9.59 Å². The van der Waals surface area contributed by atoms with Crippen molar-refractivity contribution in [2.75, 3.05) is 27.3 Å². The van der Waals surface area contributed by atoms with Gasteiger partial charge in [-0.2, -0.15) is 0 Å². The third-order valence-electron chi connectivity index (χ3n) is 5.95. The first-order chi connectivity index (χ1) is 17.5. The summed E-state index contributed by atoms with van der Waals surface area (Å²) in [6, 6.07) is 20.2. The number of nitrogens with zero attached hydrogens (tertiary/aromatic N) is 3. The van der Waals surface area contributed by atoms with Crippen LogP contribution in [0, 0.1) is 0 Å². The first kappa shape index (κ1) is 25.3. The number of benzene rings is 3. The molecular formula is C28H29N3O4S. The predicted octanol–water partition coefficient (Wildman–Crippen LogP) is 5.18. The van der Waals surface area contributed by atoms with Crippen LogP contribution in [-0.4, -0.2) is 47.7 Å². The van der Waals surface area contributed by atoms with Gasteiger partial charge in [0.1, 0.15) is 11.5 Å². The summed E-state index contributed by atoms with van der Waals surface area (Å²) in [5.41, 5.74) is 2.50. The molecule has 4 aromatic rings. The summed E-state index contributed by atoms with van der Waals surface area (Å²) in [5, 5.41) is 0.968. The molecule has 7 nitrogen and oxygen atoms in total. The van der Waals surface area contributed by atoms with Crippen LogP contribution in [0.4, 0.5) is 0 Å². The lowest BCUT2D eigenvalue weighted by atomic mass is 10.1. The van der Waals surface area contributed by atoms with Gasteiger partial charge >= 0.3 is 0 Å². The van der Waals surface area contributed by atoms with Crippen molar-refractivity contribution < 1.29 is 14.3 Å². The van der Waals surface area contributed by atoms with Gasteiger partial charge in [-0.3, -0.25) is 14.2 Å². The molecule has 0 saturated carbocycles. The SMILES string of the molecule is CCN(CC)C(=O)c1ccc2c(=O)n(-c3cccc(OC)c3)c(SCc3cccc(OC)c3)nc2c1. The first-order valence-corrected chi connectivity index (χ1v) is 12.7. The maximum atomic E-state index is 13.7. The molecule has 1 amide bonds. The molecule has 4 rings (SSSR count). The van der Waals surface area contributed by atoms with E-state index >= 15 is 0 Å². The maximum absolute atomic E-state index is 13.7. The summed E-state index contributed by atoms with van der Waals surface area (Å²) in [6.45, 7) is 5.11. The Labute approximate surface area is 214 Å². The van der Waals surface area contributed by atoms with Crippen molar-refractivity contribution in [2.24, 2.45) is 0 Å². The van der Waals surface area contributed by atoms with Gasteiger partial charge in [-0.1, -0.05) is 30.0 Å². The van der Waals surface area contributed by atoms with E-state index in [1.54, 1.807) is 41.9 Å². The lowest BCUT2D eigenvalue weighted by Gasteiger charge is -2.19. The fourth-order valence-electron chi connectivity index (χ4n) is 3.98. The van der Waals surface area contributed by atoms with Gasteiger partial charge in [0, 0.05) is 30.5 Å². The van der Waals surface area contributed by atoms with Crippen LogP contribution in [0.15, 0.2) is 76.7 Å². The molecule has 0 aliphatic rings. The number of hydrogen-bond acceptors (Lipinski definition) is 6. The van der Waals surface area contributed by atoms with Crippen LogP contribution in [0.5, 0.6) is 11.5 Å². The largest absolute Gasteiger partial charge is 0.497 e. The Morgan fingerprint density at radius 2 is 1.64 bits per heavy atom. The molecule has 3 aromatic carbocycles. The van der Waals surface area contributed by atoms with Crippen LogP contribution in [0.1, 0.15) is 29.8 Å². The number of carbonyl (C=O) groups is 1. The van der Waals surface area contributed by atoms with Gasteiger partial charge < -0.3 is 14.4 Å². The monoisotopic (exact) mass is 503 g/mol. The van der Waals surface area contributed by atoms with Gasteiger partial charge in [0.15, 0.2) is 5.16 Å². The first-order valence-electron chi connectivity index (χ1n) is 11.7. The molecule has 0 spiro atoms. The summed E-state index contributed by atoms with van der Waals surface area (Å²) in [7, 11) is 3.22. The van der Waals surface area contributed by atoms with E-state index in [1.807, 2.05) is 62.4 Å². The van der Waals surface area contributed by atoms with E-state index in [0.29, 0.717) is 51.9 Å². The number of aromatic nitrogens is 2. The van der Waals surface area contributed by atoms with Gasteiger partial charge in [-0.05, 0) is 61.9 Å². The van der Waals surface area contributed by atoms with Gasteiger partial charge in [-0.15, -0.1) is 0 Å². The fraction of sp³-hybridized carbons (Fsp3) is 0.250. The van der Waals surface area contributed by atoms with Crippen molar-refractivity contribution in [2.45, 2.75) is 24.8 Å². The zero-order valence-electron chi connectivity index (χ0n) is 20.9. The number of thioether (sulfide) groups is 1. The quantitative estimate of drug-likeness (QED) is 0.232. The summed E-state index contributed by atoms with van der Waals surface area (Å²) in [6.07, 6.45) is 0. The predicted molar refractivity (Wildman–Crippen MR) is 144 cm³/mol. The Hall–Kier alpha value is -3.78. The van der Waals surface area contributed by atoms with Crippen LogP contribution >= 0.6 is 11.8 Å². The standard InChI is InChI=1S/C28H29N3O4S/c1-5-30(6-2)26(32)20-13-14-24-25(16-20)29-28(36-18-19-9-7-11-22(15-19)34-3)31(27(24)33)21-10-8-12-23(17-21)35-4/h7-17H,5-6,18H2,1-4H3. The number of rotatable bonds is 9. The van der Waals surface area contributed by atoms with Crippen molar-refractivity contribution in [3.8, 4) is 17.2 Å². The molecule has 186 valence electrons. The third kappa shape index (κ3) is 5.23. The van der Waals surface area contributed by atoms with Crippen LogP contribution in [0.25, 0.3) is 16.6 Å².